The fraction of sp³-hybridized carbons (Fsp3) is 0.381. The lowest BCUT2D eigenvalue weighted by Gasteiger charge is -2.31. The van der Waals surface area contributed by atoms with Gasteiger partial charge in [-0.3, -0.25) is 9.10 Å². The Hall–Kier alpha value is -2.74. The summed E-state index contributed by atoms with van der Waals surface area (Å²) in [5.74, 6) is 0.985. The summed E-state index contributed by atoms with van der Waals surface area (Å²) in [6.45, 7) is 4.26. The molecule has 2 aromatic rings. The van der Waals surface area contributed by atoms with E-state index in [1.807, 2.05) is 31.2 Å². The SMILES string of the molecule is CCOc1ccc(N([C@@H](C)C(=O)N(C)Cc2ccccc2OC)S(C)(=O)=O)cc1. The number of sulfonamides is 1. The summed E-state index contributed by atoms with van der Waals surface area (Å²) in [5.41, 5.74) is 1.24. The van der Waals surface area contributed by atoms with Gasteiger partial charge in [-0.05, 0) is 44.2 Å². The lowest BCUT2D eigenvalue weighted by Crippen LogP contribution is -2.48. The average molecular weight is 421 g/mol. The van der Waals surface area contributed by atoms with Gasteiger partial charge in [0.05, 0.1) is 25.7 Å². The Balaban J connectivity index is 2.26. The zero-order valence-corrected chi connectivity index (χ0v) is 18.3. The number of hydrogen-bond acceptors (Lipinski definition) is 5. The molecule has 0 saturated carbocycles. The Morgan fingerprint density at radius 1 is 1.10 bits per heavy atom. The van der Waals surface area contributed by atoms with Crippen LogP contribution < -0.4 is 13.8 Å². The van der Waals surface area contributed by atoms with Crippen molar-refractivity contribution in [1.29, 1.82) is 0 Å². The minimum Gasteiger partial charge on any atom is -0.496 e. The van der Waals surface area contributed by atoms with Gasteiger partial charge in [0.15, 0.2) is 0 Å². The number of carbonyl (C=O) groups excluding carboxylic acids is 1. The van der Waals surface area contributed by atoms with Crippen molar-refractivity contribution < 1.29 is 22.7 Å². The van der Waals surface area contributed by atoms with Crippen molar-refractivity contribution in [2.45, 2.75) is 26.4 Å². The predicted octanol–water partition coefficient (Wildman–Crippen LogP) is 2.91. The largest absolute Gasteiger partial charge is 0.496 e. The molecule has 0 N–H and O–H groups in total. The standard InChI is InChI=1S/C21H28N2O5S/c1-6-28-19-13-11-18(12-14-19)23(29(5,25)26)16(2)21(24)22(3)15-17-9-7-8-10-20(17)27-4/h7-14,16H,6,15H2,1-5H3/t16-/m0/s1. The van der Waals surface area contributed by atoms with Crippen LogP contribution >= 0.6 is 0 Å². The van der Waals surface area contributed by atoms with E-state index in [1.165, 1.54) is 4.90 Å². The van der Waals surface area contributed by atoms with Gasteiger partial charge in [0.2, 0.25) is 15.9 Å². The van der Waals surface area contributed by atoms with Gasteiger partial charge >= 0.3 is 0 Å². The number of benzene rings is 2. The molecule has 0 fully saturated rings. The van der Waals surface area contributed by atoms with Crippen molar-refractivity contribution in [2.24, 2.45) is 0 Å². The van der Waals surface area contributed by atoms with Gasteiger partial charge < -0.3 is 14.4 Å². The van der Waals surface area contributed by atoms with Gasteiger partial charge in [0, 0.05) is 19.2 Å². The van der Waals surface area contributed by atoms with E-state index in [0.29, 0.717) is 30.3 Å². The third-order valence-corrected chi connectivity index (χ3v) is 5.69. The summed E-state index contributed by atoms with van der Waals surface area (Å²) < 4.78 is 36.8. The first-order valence-electron chi connectivity index (χ1n) is 9.28. The quantitative estimate of drug-likeness (QED) is 0.623. The van der Waals surface area contributed by atoms with E-state index < -0.39 is 16.1 Å². The Kier molecular flexibility index (Phi) is 7.50. The number of hydrogen-bond donors (Lipinski definition) is 0. The van der Waals surface area contributed by atoms with Crippen LogP contribution in [0.2, 0.25) is 0 Å². The fourth-order valence-electron chi connectivity index (χ4n) is 3.14. The van der Waals surface area contributed by atoms with Crippen molar-refractivity contribution in [3.05, 3.63) is 54.1 Å². The van der Waals surface area contributed by atoms with Crippen LogP contribution in [-0.4, -0.2) is 52.3 Å². The van der Waals surface area contributed by atoms with E-state index in [4.69, 9.17) is 9.47 Å². The summed E-state index contributed by atoms with van der Waals surface area (Å²) in [5, 5.41) is 0. The number of ether oxygens (including phenoxy) is 2. The third-order valence-electron chi connectivity index (χ3n) is 4.44. The second-order valence-corrected chi connectivity index (χ2v) is 8.53. The molecule has 0 saturated heterocycles. The van der Waals surface area contributed by atoms with E-state index in [-0.39, 0.29) is 5.91 Å². The van der Waals surface area contributed by atoms with E-state index in [1.54, 1.807) is 45.3 Å². The van der Waals surface area contributed by atoms with Gasteiger partial charge in [-0.15, -0.1) is 0 Å². The van der Waals surface area contributed by atoms with Crippen LogP contribution in [0.5, 0.6) is 11.5 Å². The molecule has 2 rings (SSSR count). The van der Waals surface area contributed by atoms with Gasteiger partial charge in [-0.2, -0.15) is 0 Å². The van der Waals surface area contributed by atoms with E-state index in [2.05, 4.69) is 0 Å². The maximum atomic E-state index is 13.0. The first kappa shape index (κ1) is 22.5. The summed E-state index contributed by atoms with van der Waals surface area (Å²) >= 11 is 0. The molecule has 1 amide bonds. The first-order chi connectivity index (χ1) is 13.7. The van der Waals surface area contributed by atoms with Crippen LogP contribution in [0.1, 0.15) is 19.4 Å². The Morgan fingerprint density at radius 2 is 1.72 bits per heavy atom. The fourth-order valence-corrected chi connectivity index (χ4v) is 4.31. The Morgan fingerprint density at radius 3 is 2.28 bits per heavy atom. The van der Waals surface area contributed by atoms with Crippen LogP contribution in [0.25, 0.3) is 0 Å². The molecular weight excluding hydrogens is 392 g/mol. The number of methoxy groups -OCH3 is 1. The lowest BCUT2D eigenvalue weighted by atomic mass is 10.1. The molecular formula is C21H28N2O5S. The van der Waals surface area contributed by atoms with Crippen molar-refractivity contribution in [3.8, 4) is 11.5 Å². The molecule has 0 aliphatic carbocycles. The summed E-state index contributed by atoms with van der Waals surface area (Å²) in [6.07, 6.45) is 1.09. The lowest BCUT2D eigenvalue weighted by molar-refractivity contribution is -0.131. The van der Waals surface area contributed by atoms with Crippen molar-refractivity contribution in [3.63, 3.8) is 0 Å². The maximum absolute atomic E-state index is 13.0. The molecule has 0 aromatic heterocycles. The van der Waals surface area contributed by atoms with E-state index >= 15 is 0 Å². The number of rotatable bonds is 9. The zero-order chi connectivity index (χ0) is 21.6. The molecule has 0 radical (unpaired) electrons. The monoisotopic (exact) mass is 420 g/mol. The van der Waals surface area contributed by atoms with Crippen molar-refractivity contribution in [2.75, 3.05) is 31.3 Å². The molecule has 2 aromatic carbocycles. The molecule has 0 aliphatic heterocycles. The van der Waals surface area contributed by atoms with Gasteiger partial charge in [0.25, 0.3) is 0 Å². The normalized spacial score (nSPS) is 12.2. The molecule has 158 valence electrons. The molecule has 0 spiro atoms. The number of nitrogens with zero attached hydrogens (tertiary/aromatic N) is 2. The average Bonchev–Trinajstić information content (AvgIpc) is 2.68. The highest BCUT2D eigenvalue weighted by molar-refractivity contribution is 7.92. The highest BCUT2D eigenvalue weighted by Crippen LogP contribution is 2.25. The number of anilines is 1. The second kappa shape index (κ2) is 9.65. The van der Waals surface area contributed by atoms with Crippen LogP contribution in [0.15, 0.2) is 48.5 Å². The molecule has 29 heavy (non-hydrogen) atoms. The number of amides is 1. The number of likely N-dealkylation sites (N-methyl/N-ethyl adjacent to an activating group) is 1. The van der Waals surface area contributed by atoms with Gasteiger partial charge in [0.1, 0.15) is 17.5 Å². The molecule has 0 bridgehead atoms. The number of para-hydroxylation sites is 1. The highest BCUT2D eigenvalue weighted by Gasteiger charge is 2.31. The molecule has 0 aliphatic rings. The van der Waals surface area contributed by atoms with Crippen molar-refractivity contribution >= 4 is 21.6 Å². The predicted molar refractivity (Wildman–Crippen MR) is 114 cm³/mol. The maximum Gasteiger partial charge on any atom is 0.246 e. The summed E-state index contributed by atoms with van der Waals surface area (Å²) in [6, 6.07) is 13.1. The molecule has 0 heterocycles. The van der Waals surface area contributed by atoms with E-state index in [0.717, 1.165) is 16.1 Å². The minimum atomic E-state index is -3.69. The second-order valence-electron chi connectivity index (χ2n) is 6.67. The van der Waals surface area contributed by atoms with E-state index in [9.17, 15) is 13.2 Å². The summed E-state index contributed by atoms with van der Waals surface area (Å²) in [4.78, 5) is 14.5. The Labute approximate surface area is 172 Å². The van der Waals surface area contributed by atoms with Crippen LogP contribution in [0, 0.1) is 0 Å². The third kappa shape index (κ3) is 5.63. The minimum absolute atomic E-state index is 0.300. The topological polar surface area (TPSA) is 76.2 Å². The molecule has 1 atom stereocenters. The van der Waals surface area contributed by atoms with Crippen LogP contribution in [0.3, 0.4) is 0 Å². The smallest absolute Gasteiger partial charge is 0.246 e. The van der Waals surface area contributed by atoms with Crippen LogP contribution in [-0.2, 0) is 21.4 Å². The zero-order valence-electron chi connectivity index (χ0n) is 17.5. The number of carbonyl (C=O) groups is 1. The molecule has 7 nitrogen and oxygen atoms in total. The van der Waals surface area contributed by atoms with Crippen LogP contribution in [0.4, 0.5) is 5.69 Å². The molecule has 0 unspecified atom stereocenters. The Bertz CT molecular complexity index is 928. The molecule has 8 heteroatoms. The first-order valence-corrected chi connectivity index (χ1v) is 11.1. The van der Waals surface area contributed by atoms with Crippen molar-refractivity contribution in [1.82, 2.24) is 4.90 Å². The van der Waals surface area contributed by atoms with Gasteiger partial charge in [-0.25, -0.2) is 8.42 Å². The highest BCUT2D eigenvalue weighted by atomic mass is 32.2. The summed E-state index contributed by atoms with van der Waals surface area (Å²) in [7, 11) is -0.473. The van der Waals surface area contributed by atoms with Gasteiger partial charge in [-0.1, -0.05) is 18.2 Å².